The van der Waals surface area contributed by atoms with E-state index >= 15 is 0 Å². The lowest BCUT2D eigenvalue weighted by Crippen LogP contribution is -2.64. The molecule has 0 bridgehead atoms. The lowest BCUT2D eigenvalue weighted by molar-refractivity contribution is -0.162. The third kappa shape index (κ3) is 2.57. The van der Waals surface area contributed by atoms with Crippen molar-refractivity contribution in [2.75, 3.05) is 12.3 Å². The minimum absolute atomic E-state index is 0. The van der Waals surface area contributed by atoms with E-state index in [4.69, 9.17) is 11.1 Å². The van der Waals surface area contributed by atoms with Gasteiger partial charge in [0.2, 0.25) is 5.91 Å². The highest BCUT2D eigenvalue weighted by Gasteiger charge is 2.60. The summed E-state index contributed by atoms with van der Waals surface area (Å²) in [5.41, 5.74) is 5.37. The van der Waals surface area contributed by atoms with Gasteiger partial charge in [0.25, 0.3) is 0 Å². The Morgan fingerprint density at radius 3 is 2.67 bits per heavy atom. The van der Waals surface area contributed by atoms with Crippen LogP contribution in [-0.2, 0) is 9.59 Å². The molecule has 1 saturated heterocycles. The average Bonchev–Trinajstić information content (AvgIpc) is 2.65. The first-order valence-corrected chi connectivity index (χ1v) is 7.26. The number of nitrogens with zero attached hydrogens (tertiary/aromatic N) is 1. The maximum atomic E-state index is 12.0. The summed E-state index contributed by atoms with van der Waals surface area (Å²) in [6, 6.07) is -0.466. The quantitative estimate of drug-likeness (QED) is 0.349. The third-order valence-electron chi connectivity index (χ3n) is 3.61. The molecule has 0 aliphatic carbocycles. The summed E-state index contributed by atoms with van der Waals surface area (Å²) in [6.07, 6.45) is 0.286. The minimum Gasteiger partial charge on any atom is -0.477 e. The molecule has 2 heterocycles. The van der Waals surface area contributed by atoms with Crippen molar-refractivity contribution >= 4 is 29.9 Å². The lowest BCUT2D eigenvalue weighted by atomic mass is 9.79. The number of hydrogen-bond acceptors (Lipinski definition) is 6. The summed E-state index contributed by atoms with van der Waals surface area (Å²) in [4.78, 5) is 25.1. The van der Waals surface area contributed by atoms with E-state index < -0.39 is 35.9 Å². The standard InChI is InChI=1S/C12H17N3O4S.H2O/c1-5(16)7-8-6(4-14)10(20-3-2-13)9(12(18)19)15(8)11(7)17;/h4-8,14,16H,2-3,13H2,1H3,(H,18,19);1H2/t5-,6?,7-,8+;/m1./s1. The predicted molar refractivity (Wildman–Crippen MR) is 77.9 cm³/mol. The highest BCUT2D eigenvalue weighted by molar-refractivity contribution is 8.03. The molecule has 118 valence electrons. The zero-order valence-corrected chi connectivity index (χ0v) is 12.3. The zero-order valence-electron chi connectivity index (χ0n) is 11.4. The Balaban J connectivity index is 0.00000220. The van der Waals surface area contributed by atoms with Crippen LogP contribution in [0.25, 0.3) is 0 Å². The maximum Gasteiger partial charge on any atom is 0.353 e. The number of hydrogen-bond donors (Lipinski definition) is 4. The molecule has 1 fully saturated rings. The number of β-lactam (4-membered cyclic amide) rings is 1. The van der Waals surface area contributed by atoms with Gasteiger partial charge in [0, 0.05) is 29.3 Å². The predicted octanol–water partition coefficient (Wildman–Crippen LogP) is -1.36. The fourth-order valence-electron chi connectivity index (χ4n) is 2.81. The number of nitrogens with one attached hydrogen (secondary N) is 1. The Hall–Kier alpha value is -1.42. The number of fused-ring (bicyclic) bond motifs is 1. The van der Waals surface area contributed by atoms with Gasteiger partial charge in [0.05, 0.1) is 18.1 Å². The summed E-state index contributed by atoms with van der Waals surface area (Å²) in [7, 11) is 0. The molecule has 7 N–H and O–H groups in total. The van der Waals surface area contributed by atoms with E-state index in [-0.39, 0.29) is 11.2 Å². The Morgan fingerprint density at radius 2 is 2.24 bits per heavy atom. The number of amides is 1. The highest BCUT2D eigenvalue weighted by atomic mass is 32.2. The topological polar surface area (TPSA) is 159 Å². The van der Waals surface area contributed by atoms with Gasteiger partial charge < -0.3 is 26.8 Å². The largest absolute Gasteiger partial charge is 0.477 e. The van der Waals surface area contributed by atoms with Crippen molar-refractivity contribution in [2.24, 2.45) is 17.6 Å². The molecule has 8 nitrogen and oxygen atoms in total. The normalized spacial score (nSPS) is 28.6. The van der Waals surface area contributed by atoms with Crippen LogP contribution in [0.1, 0.15) is 6.92 Å². The first-order chi connectivity index (χ1) is 9.45. The highest BCUT2D eigenvalue weighted by Crippen LogP contribution is 2.49. The number of thioether (sulfide) groups is 1. The van der Waals surface area contributed by atoms with Gasteiger partial charge in [-0.15, -0.1) is 11.8 Å². The van der Waals surface area contributed by atoms with Crippen molar-refractivity contribution in [1.82, 2.24) is 4.90 Å². The Bertz CT molecular complexity index is 493. The second-order valence-electron chi connectivity index (χ2n) is 4.81. The molecule has 0 saturated carbocycles. The number of carboxylic acids is 1. The van der Waals surface area contributed by atoms with Crippen LogP contribution in [-0.4, -0.2) is 63.1 Å². The number of aliphatic carboxylic acids is 1. The second kappa shape index (κ2) is 6.56. The fraction of sp³-hybridized carbons (Fsp3) is 0.583. The Labute approximate surface area is 125 Å². The van der Waals surface area contributed by atoms with E-state index in [0.717, 1.165) is 6.21 Å². The second-order valence-corrected chi connectivity index (χ2v) is 5.95. The van der Waals surface area contributed by atoms with Crippen LogP contribution < -0.4 is 5.73 Å². The molecule has 21 heavy (non-hydrogen) atoms. The molecule has 1 amide bonds. The number of aliphatic hydroxyl groups is 1. The van der Waals surface area contributed by atoms with Crippen LogP contribution in [0.2, 0.25) is 0 Å². The molecule has 0 aromatic heterocycles. The monoisotopic (exact) mass is 317 g/mol. The molecule has 2 aliphatic rings. The van der Waals surface area contributed by atoms with Gasteiger partial charge >= 0.3 is 5.97 Å². The molecular formula is C12H19N3O5S. The number of carbonyl (C=O) groups is 2. The van der Waals surface area contributed by atoms with Crippen molar-refractivity contribution in [3.63, 3.8) is 0 Å². The van der Waals surface area contributed by atoms with Gasteiger partial charge in [-0.2, -0.15) is 0 Å². The fourth-order valence-corrected chi connectivity index (χ4v) is 3.87. The van der Waals surface area contributed by atoms with E-state index in [1.165, 1.54) is 23.6 Å². The number of aliphatic hydroxyl groups excluding tert-OH is 1. The van der Waals surface area contributed by atoms with Crippen LogP contribution in [0, 0.1) is 17.2 Å². The van der Waals surface area contributed by atoms with E-state index in [9.17, 15) is 19.8 Å². The van der Waals surface area contributed by atoms with Crippen molar-refractivity contribution in [3.05, 3.63) is 10.6 Å². The van der Waals surface area contributed by atoms with Crippen molar-refractivity contribution in [3.8, 4) is 0 Å². The van der Waals surface area contributed by atoms with Gasteiger partial charge in [-0.1, -0.05) is 0 Å². The lowest BCUT2D eigenvalue weighted by Gasteiger charge is -2.46. The van der Waals surface area contributed by atoms with Crippen molar-refractivity contribution in [1.29, 1.82) is 5.41 Å². The van der Waals surface area contributed by atoms with Crippen LogP contribution in [0.4, 0.5) is 0 Å². The van der Waals surface area contributed by atoms with E-state index in [2.05, 4.69) is 0 Å². The number of carbonyl (C=O) groups excluding carboxylic acids is 1. The SMILES string of the molecule is C[C@@H](O)[C@H]1C(=O)N2C(C(=O)O)=C(SCCN)C(C=N)[C@@H]12.O. The van der Waals surface area contributed by atoms with Crippen LogP contribution >= 0.6 is 11.8 Å². The Kier molecular flexibility index (Phi) is 5.51. The van der Waals surface area contributed by atoms with Gasteiger partial charge in [0.1, 0.15) is 5.70 Å². The van der Waals surface area contributed by atoms with Crippen molar-refractivity contribution in [2.45, 2.75) is 19.1 Å². The van der Waals surface area contributed by atoms with E-state index in [1.807, 2.05) is 0 Å². The van der Waals surface area contributed by atoms with E-state index in [0.29, 0.717) is 17.2 Å². The van der Waals surface area contributed by atoms with Crippen molar-refractivity contribution < 1.29 is 25.3 Å². The molecule has 0 radical (unpaired) electrons. The Morgan fingerprint density at radius 1 is 1.62 bits per heavy atom. The maximum absolute atomic E-state index is 12.0. The zero-order chi connectivity index (χ0) is 15.0. The molecular weight excluding hydrogens is 298 g/mol. The number of rotatable bonds is 6. The third-order valence-corrected chi connectivity index (χ3v) is 4.83. The molecule has 0 aromatic carbocycles. The van der Waals surface area contributed by atoms with Crippen LogP contribution in [0.5, 0.6) is 0 Å². The van der Waals surface area contributed by atoms with Gasteiger partial charge in [-0.3, -0.25) is 9.69 Å². The average molecular weight is 317 g/mol. The summed E-state index contributed by atoms with van der Waals surface area (Å²) in [6.45, 7) is 1.89. The molecule has 0 aromatic rings. The smallest absolute Gasteiger partial charge is 0.353 e. The summed E-state index contributed by atoms with van der Waals surface area (Å²) in [5, 5.41) is 26.5. The van der Waals surface area contributed by atoms with E-state index in [1.54, 1.807) is 0 Å². The first-order valence-electron chi connectivity index (χ1n) is 6.27. The van der Waals surface area contributed by atoms with Gasteiger partial charge in [-0.25, -0.2) is 4.79 Å². The van der Waals surface area contributed by atoms with Gasteiger partial charge in [-0.05, 0) is 6.92 Å². The van der Waals surface area contributed by atoms with Crippen LogP contribution in [0.3, 0.4) is 0 Å². The molecule has 1 unspecified atom stereocenters. The molecule has 2 rings (SSSR count). The summed E-state index contributed by atoms with van der Waals surface area (Å²) in [5.74, 6) is -2.18. The number of nitrogens with two attached hydrogens (primary N) is 1. The molecule has 0 spiro atoms. The summed E-state index contributed by atoms with van der Waals surface area (Å²) >= 11 is 1.26. The summed E-state index contributed by atoms with van der Waals surface area (Å²) < 4.78 is 0. The van der Waals surface area contributed by atoms with Crippen LogP contribution in [0.15, 0.2) is 10.6 Å². The number of carboxylic acid groups (broad SMARTS) is 1. The molecule has 4 atom stereocenters. The minimum atomic E-state index is -1.18. The first kappa shape index (κ1) is 17.6. The van der Waals surface area contributed by atoms with Gasteiger partial charge in [0.15, 0.2) is 0 Å². The molecule has 2 aliphatic heterocycles. The molecule has 9 heteroatoms.